The van der Waals surface area contributed by atoms with E-state index in [-0.39, 0.29) is 12.6 Å². The Kier molecular flexibility index (Phi) is 4.95. The van der Waals surface area contributed by atoms with Crippen LogP contribution >= 0.6 is 0 Å². The van der Waals surface area contributed by atoms with Crippen molar-refractivity contribution in [3.63, 3.8) is 0 Å². The molecule has 4 rings (SSSR count). The molecule has 0 saturated heterocycles. The molecule has 0 aliphatic heterocycles. The van der Waals surface area contributed by atoms with E-state index < -0.39 is 0 Å². The van der Waals surface area contributed by atoms with Crippen molar-refractivity contribution in [2.75, 3.05) is 6.61 Å². The quantitative estimate of drug-likeness (QED) is 0.532. The first kappa shape index (κ1) is 18.4. The molecule has 0 fully saturated rings. The number of nitrogens with zero attached hydrogens (tertiary/aromatic N) is 7. The van der Waals surface area contributed by atoms with Crippen LogP contribution in [0.25, 0.3) is 28.0 Å². The molecule has 4 heterocycles. The van der Waals surface area contributed by atoms with Crippen molar-refractivity contribution in [2.45, 2.75) is 45.7 Å². The standard InChI is InChI=1S/C20H25N7O/c1-4-17(5-2)26-11-16(9-23-26)20-19-6-7-21-27(19)12-18(24-20)15-8-22-25(10-15)14(3)13-28/h6-12,14,17,28H,4-5,13H2,1-3H3/t14-/m1/s1. The Balaban J connectivity index is 1.79. The molecule has 0 amide bonds. The second-order valence-corrected chi connectivity index (χ2v) is 7.06. The van der Waals surface area contributed by atoms with Gasteiger partial charge in [0, 0.05) is 23.5 Å². The summed E-state index contributed by atoms with van der Waals surface area (Å²) in [6, 6.07) is 2.26. The van der Waals surface area contributed by atoms with Gasteiger partial charge >= 0.3 is 0 Å². The molecule has 0 radical (unpaired) electrons. The van der Waals surface area contributed by atoms with E-state index in [9.17, 15) is 5.11 Å². The molecule has 0 unspecified atom stereocenters. The number of hydrogen-bond donors (Lipinski definition) is 1. The van der Waals surface area contributed by atoms with Crippen molar-refractivity contribution < 1.29 is 5.11 Å². The molecule has 4 aromatic rings. The number of aliphatic hydroxyl groups is 1. The summed E-state index contributed by atoms with van der Waals surface area (Å²) in [5.74, 6) is 0. The van der Waals surface area contributed by atoms with Gasteiger partial charge in [0.1, 0.15) is 0 Å². The van der Waals surface area contributed by atoms with Gasteiger partial charge in [0.05, 0.1) is 60.4 Å². The zero-order valence-corrected chi connectivity index (χ0v) is 16.4. The highest BCUT2D eigenvalue weighted by molar-refractivity contribution is 5.78. The predicted octanol–water partition coefficient (Wildman–Crippen LogP) is 3.37. The summed E-state index contributed by atoms with van der Waals surface area (Å²) in [5.41, 5.74) is 4.40. The van der Waals surface area contributed by atoms with Gasteiger partial charge in [-0.25, -0.2) is 9.50 Å². The van der Waals surface area contributed by atoms with E-state index in [1.54, 1.807) is 17.1 Å². The van der Waals surface area contributed by atoms with E-state index in [0.29, 0.717) is 6.04 Å². The average molecular weight is 379 g/mol. The van der Waals surface area contributed by atoms with Crippen molar-refractivity contribution in [1.82, 2.24) is 34.2 Å². The molecule has 0 aliphatic rings. The Morgan fingerprint density at radius 2 is 1.68 bits per heavy atom. The number of aliphatic hydroxyl groups excluding tert-OH is 1. The first-order valence-corrected chi connectivity index (χ1v) is 9.68. The Labute approximate surface area is 163 Å². The topological polar surface area (TPSA) is 86.1 Å². The molecule has 8 heteroatoms. The van der Waals surface area contributed by atoms with E-state index in [1.165, 1.54) is 0 Å². The molecule has 1 atom stereocenters. The summed E-state index contributed by atoms with van der Waals surface area (Å²) in [6.45, 7) is 6.30. The molecule has 146 valence electrons. The van der Waals surface area contributed by atoms with Gasteiger partial charge in [-0.1, -0.05) is 13.8 Å². The predicted molar refractivity (Wildman–Crippen MR) is 107 cm³/mol. The van der Waals surface area contributed by atoms with Gasteiger partial charge in [0.15, 0.2) is 0 Å². The largest absolute Gasteiger partial charge is 0.394 e. The van der Waals surface area contributed by atoms with Crippen LogP contribution < -0.4 is 0 Å². The van der Waals surface area contributed by atoms with Gasteiger partial charge in [0.25, 0.3) is 0 Å². The van der Waals surface area contributed by atoms with E-state index in [4.69, 9.17) is 4.98 Å². The SMILES string of the molecule is CCC(CC)n1cc(-c2nc(-c3cnn([C@H](C)CO)c3)cn3nccc23)cn1. The third-order valence-electron chi connectivity index (χ3n) is 5.19. The highest BCUT2D eigenvalue weighted by Gasteiger charge is 2.16. The minimum atomic E-state index is -0.0834. The third kappa shape index (κ3) is 3.20. The summed E-state index contributed by atoms with van der Waals surface area (Å²) in [6.07, 6.45) is 13.3. The minimum Gasteiger partial charge on any atom is -0.394 e. The van der Waals surface area contributed by atoms with Crippen LogP contribution in [0.5, 0.6) is 0 Å². The van der Waals surface area contributed by atoms with Crippen molar-refractivity contribution >= 4 is 5.52 Å². The van der Waals surface area contributed by atoms with Crippen molar-refractivity contribution in [3.8, 4) is 22.5 Å². The van der Waals surface area contributed by atoms with Crippen LogP contribution in [-0.2, 0) is 0 Å². The molecule has 4 aromatic heterocycles. The van der Waals surface area contributed by atoms with Crippen LogP contribution in [0.15, 0.2) is 43.2 Å². The number of hydrogen-bond acceptors (Lipinski definition) is 5. The number of fused-ring (bicyclic) bond motifs is 1. The Hall–Kier alpha value is -3.00. The van der Waals surface area contributed by atoms with Crippen molar-refractivity contribution in [2.24, 2.45) is 0 Å². The lowest BCUT2D eigenvalue weighted by Gasteiger charge is -2.12. The Bertz CT molecular complexity index is 1070. The molecule has 0 bridgehead atoms. The molecule has 0 aromatic carbocycles. The van der Waals surface area contributed by atoms with Gasteiger partial charge < -0.3 is 5.11 Å². The lowest BCUT2D eigenvalue weighted by molar-refractivity contribution is 0.230. The summed E-state index contributed by atoms with van der Waals surface area (Å²) >= 11 is 0. The van der Waals surface area contributed by atoms with Crippen LogP contribution in [0.2, 0.25) is 0 Å². The van der Waals surface area contributed by atoms with E-state index in [2.05, 4.69) is 35.3 Å². The van der Waals surface area contributed by atoms with Crippen molar-refractivity contribution in [3.05, 3.63) is 43.2 Å². The highest BCUT2D eigenvalue weighted by Crippen LogP contribution is 2.28. The maximum Gasteiger partial charge on any atom is 0.0999 e. The summed E-state index contributed by atoms with van der Waals surface area (Å²) in [5, 5.41) is 22.7. The zero-order valence-electron chi connectivity index (χ0n) is 16.4. The lowest BCUT2D eigenvalue weighted by atomic mass is 10.1. The third-order valence-corrected chi connectivity index (χ3v) is 5.19. The van der Waals surface area contributed by atoms with Crippen LogP contribution in [0.3, 0.4) is 0 Å². The lowest BCUT2D eigenvalue weighted by Crippen LogP contribution is -2.09. The second kappa shape index (κ2) is 7.55. The van der Waals surface area contributed by atoms with Gasteiger partial charge in [-0.05, 0) is 25.8 Å². The molecular formula is C20H25N7O. The molecule has 8 nitrogen and oxygen atoms in total. The van der Waals surface area contributed by atoms with Gasteiger partial charge in [-0.3, -0.25) is 9.36 Å². The van der Waals surface area contributed by atoms with Crippen molar-refractivity contribution in [1.29, 1.82) is 0 Å². The van der Waals surface area contributed by atoms with Gasteiger partial charge in [-0.15, -0.1) is 0 Å². The van der Waals surface area contributed by atoms with Crippen LogP contribution in [0.4, 0.5) is 0 Å². The van der Waals surface area contributed by atoms with Crippen LogP contribution in [0.1, 0.15) is 45.7 Å². The molecule has 0 aliphatic carbocycles. The first-order valence-electron chi connectivity index (χ1n) is 9.68. The Morgan fingerprint density at radius 1 is 0.964 bits per heavy atom. The average Bonchev–Trinajstić information content (AvgIpc) is 3.47. The maximum atomic E-state index is 9.36. The normalized spacial score (nSPS) is 12.9. The van der Waals surface area contributed by atoms with E-state index >= 15 is 0 Å². The molecule has 1 N–H and O–H groups in total. The highest BCUT2D eigenvalue weighted by atomic mass is 16.3. The monoisotopic (exact) mass is 379 g/mol. The molecule has 0 saturated carbocycles. The maximum absolute atomic E-state index is 9.36. The number of aromatic nitrogens is 7. The fraction of sp³-hybridized carbons (Fsp3) is 0.400. The number of rotatable bonds is 7. The minimum absolute atomic E-state index is 0.0349. The smallest absolute Gasteiger partial charge is 0.0999 e. The molecule has 0 spiro atoms. The first-order chi connectivity index (χ1) is 13.6. The van der Waals surface area contributed by atoms with Gasteiger partial charge in [-0.2, -0.15) is 15.3 Å². The van der Waals surface area contributed by atoms with Crippen LogP contribution in [0, 0.1) is 0 Å². The van der Waals surface area contributed by atoms with E-state index in [1.807, 2.05) is 40.8 Å². The zero-order chi connectivity index (χ0) is 19.7. The summed E-state index contributed by atoms with van der Waals surface area (Å²) < 4.78 is 5.60. The summed E-state index contributed by atoms with van der Waals surface area (Å²) in [4.78, 5) is 4.91. The second-order valence-electron chi connectivity index (χ2n) is 7.06. The molecular weight excluding hydrogens is 354 g/mol. The molecule has 28 heavy (non-hydrogen) atoms. The fourth-order valence-corrected chi connectivity index (χ4v) is 3.40. The Morgan fingerprint density at radius 3 is 2.43 bits per heavy atom. The van der Waals surface area contributed by atoms with Crippen LogP contribution in [-0.4, -0.2) is 45.9 Å². The van der Waals surface area contributed by atoms with Gasteiger partial charge in [0.2, 0.25) is 0 Å². The fourth-order valence-electron chi connectivity index (χ4n) is 3.40. The summed E-state index contributed by atoms with van der Waals surface area (Å²) in [7, 11) is 0. The van der Waals surface area contributed by atoms with E-state index in [0.717, 1.165) is 40.9 Å².